The molecule has 9 heteroatoms. The number of hydrogen-bond acceptors (Lipinski definition) is 8. The molecular weight excluding hydrogens is 302 g/mol. The molecule has 2 saturated heterocycles. The molecule has 3 N–H and O–H groups in total. The number of aliphatic hydroxyl groups is 1. The lowest BCUT2D eigenvalue weighted by Gasteiger charge is -2.25. The summed E-state index contributed by atoms with van der Waals surface area (Å²) in [5.41, 5.74) is 6.89. The molecule has 0 unspecified atom stereocenters. The predicted octanol–water partition coefficient (Wildman–Crippen LogP) is 0.207. The van der Waals surface area contributed by atoms with Crippen LogP contribution in [0.5, 0.6) is 0 Å². The van der Waals surface area contributed by atoms with Crippen LogP contribution in [-0.2, 0) is 14.2 Å². The number of nitrogens with two attached hydrogens (primary N) is 1. The maximum atomic E-state index is 10.0. The van der Waals surface area contributed by atoms with E-state index in [0.717, 1.165) is 0 Å². The van der Waals surface area contributed by atoms with Gasteiger partial charge in [0.05, 0.1) is 12.4 Å². The highest BCUT2D eigenvalue weighted by Gasteiger charge is 2.57. The van der Waals surface area contributed by atoms with E-state index in [9.17, 15) is 5.11 Å². The van der Waals surface area contributed by atoms with E-state index in [1.165, 1.54) is 6.33 Å². The highest BCUT2D eigenvalue weighted by Crippen LogP contribution is 2.44. The quantitative estimate of drug-likeness (QED) is 0.806. The first kappa shape index (κ1) is 14.8. The van der Waals surface area contributed by atoms with Crippen LogP contribution in [-0.4, -0.2) is 54.8 Å². The van der Waals surface area contributed by atoms with E-state index in [-0.39, 0.29) is 12.2 Å². The Morgan fingerprint density at radius 3 is 2.74 bits per heavy atom. The second kappa shape index (κ2) is 4.84. The zero-order chi connectivity index (χ0) is 16.4. The monoisotopic (exact) mass is 321 g/mol. The molecule has 0 spiro atoms. The van der Waals surface area contributed by atoms with Gasteiger partial charge in [-0.1, -0.05) is 0 Å². The van der Waals surface area contributed by atoms with Gasteiger partial charge in [-0.05, 0) is 20.8 Å². The normalized spacial score (nSPS) is 33.9. The third-order valence-electron chi connectivity index (χ3n) is 4.20. The van der Waals surface area contributed by atoms with Crippen molar-refractivity contribution < 1.29 is 19.3 Å². The molecule has 0 bridgehead atoms. The molecule has 9 nitrogen and oxygen atoms in total. The number of rotatable bonds is 2. The number of ether oxygens (including phenoxy) is 3. The van der Waals surface area contributed by atoms with E-state index in [2.05, 4.69) is 15.0 Å². The summed E-state index contributed by atoms with van der Waals surface area (Å²) in [6.45, 7) is 5.35. The number of anilines is 1. The maximum absolute atomic E-state index is 10.0. The summed E-state index contributed by atoms with van der Waals surface area (Å²) in [6.07, 6.45) is 0.523. The van der Waals surface area contributed by atoms with Gasteiger partial charge in [0.2, 0.25) is 0 Å². The van der Waals surface area contributed by atoms with E-state index < -0.39 is 24.2 Å². The summed E-state index contributed by atoms with van der Waals surface area (Å²) in [4.78, 5) is 12.4. The average molecular weight is 321 g/mol. The topological polar surface area (TPSA) is 118 Å². The summed E-state index contributed by atoms with van der Waals surface area (Å²) >= 11 is 0. The molecule has 2 fully saturated rings. The fourth-order valence-electron chi connectivity index (χ4n) is 3.28. The maximum Gasteiger partial charge on any atom is 0.167 e. The SMILES string of the molecule is C[C@H](O)[C@H]1O[C@@H](n2cnc3c(N)ncnc32)[C@@H]2OC(C)(C)O[C@@H]21. The highest BCUT2D eigenvalue weighted by atomic mass is 16.8. The van der Waals surface area contributed by atoms with Crippen molar-refractivity contribution in [3.63, 3.8) is 0 Å². The Labute approximate surface area is 132 Å². The Morgan fingerprint density at radius 1 is 1.26 bits per heavy atom. The lowest BCUT2D eigenvalue weighted by atomic mass is 10.1. The number of hydrogen-bond donors (Lipinski definition) is 2. The fraction of sp³-hybridized carbons (Fsp3) is 0.643. The van der Waals surface area contributed by atoms with E-state index >= 15 is 0 Å². The van der Waals surface area contributed by atoms with Gasteiger partial charge in [-0.15, -0.1) is 0 Å². The number of aromatic nitrogens is 4. The third-order valence-corrected chi connectivity index (χ3v) is 4.20. The Morgan fingerprint density at radius 2 is 2.00 bits per heavy atom. The van der Waals surface area contributed by atoms with Crippen LogP contribution in [0.1, 0.15) is 27.0 Å². The van der Waals surface area contributed by atoms with Crippen LogP contribution in [0, 0.1) is 0 Å². The predicted molar refractivity (Wildman–Crippen MR) is 79.2 cm³/mol. The average Bonchev–Trinajstić information content (AvgIpc) is 3.09. The first-order valence-electron chi connectivity index (χ1n) is 7.49. The fourth-order valence-corrected chi connectivity index (χ4v) is 3.28. The van der Waals surface area contributed by atoms with Crippen LogP contribution in [0.4, 0.5) is 5.82 Å². The molecule has 124 valence electrons. The van der Waals surface area contributed by atoms with Crippen molar-refractivity contribution in [2.45, 2.75) is 57.2 Å². The first-order valence-corrected chi connectivity index (χ1v) is 7.49. The molecule has 5 atom stereocenters. The minimum Gasteiger partial charge on any atom is -0.391 e. The van der Waals surface area contributed by atoms with Crippen LogP contribution >= 0.6 is 0 Å². The van der Waals surface area contributed by atoms with Crippen molar-refractivity contribution >= 4 is 17.0 Å². The van der Waals surface area contributed by atoms with Crippen molar-refractivity contribution in [1.82, 2.24) is 19.5 Å². The second-order valence-corrected chi connectivity index (χ2v) is 6.38. The van der Waals surface area contributed by atoms with E-state index in [1.54, 1.807) is 17.8 Å². The van der Waals surface area contributed by atoms with Gasteiger partial charge in [0.15, 0.2) is 23.5 Å². The van der Waals surface area contributed by atoms with Crippen molar-refractivity contribution in [2.75, 3.05) is 5.73 Å². The van der Waals surface area contributed by atoms with Crippen molar-refractivity contribution in [2.24, 2.45) is 0 Å². The van der Waals surface area contributed by atoms with Crippen molar-refractivity contribution in [1.29, 1.82) is 0 Å². The Bertz CT molecular complexity index is 746. The molecule has 0 saturated carbocycles. The third kappa shape index (κ3) is 2.19. The summed E-state index contributed by atoms with van der Waals surface area (Å²) < 4.78 is 19.6. The largest absolute Gasteiger partial charge is 0.391 e. The lowest BCUT2D eigenvalue weighted by Crippen LogP contribution is -2.36. The Balaban J connectivity index is 1.77. The van der Waals surface area contributed by atoms with E-state index in [0.29, 0.717) is 17.0 Å². The molecule has 0 aliphatic carbocycles. The molecule has 0 amide bonds. The first-order chi connectivity index (χ1) is 10.9. The van der Waals surface area contributed by atoms with E-state index in [4.69, 9.17) is 19.9 Å². The van der Waals surface area contributed by atoms with Gasteiger partial charge >= 0.3 is 0 Å². The number of nitrogens with zero attached hydrogens (tertiary/aromatic N) is 4. The Hall–Kier alpha value is -1.81. The number of imidazole rings is 1. The molecular formula is C14H19N5O4. The lowest BCUT2D eigenvalue weighted by molar-refractivity contribution is -0.205. The van der Waals surface area contributed by atoms with Gasteiger partial charge in [0.25, 0.3) is 0 Å². The van der Waals surface area contributed by atoms with Crippen LogP contribution in [0.25, 0.3) is 11.2 Å². The molecule has 2 aromatic heterocycles. The van der Waals surface area contributed by atoms with Crippen LogP contribution < -0.4 is 5.73 Å². The Kier molecular flexibility index (Phi) is 3.11. The van der Waals surface area contributed by atoms with Crippen LogP contribution in [0.3, 0.4) is 0 Å². The van der Waals surface area contributed by atoms with E-state index in [1.807, 2.05) is 13.8 Å². The summed E-state index contributed by atoms with van der Waals surface area (Å²) in [5.74, 6) is -0.436. The van der Waals surface area contributed by atoms with Gasteiger partial charge in [0.1, 0.15) is 30.2 Å². The van der Waals surface area contributed by atoms with Crippen LogP contribution in [0.15, 0.2) is 12.7 Å². The van der Waals surface area contributed by atoms with Gasteiger partial charge in [-0.3, -0.25) is 4.57 Å². The van der Waals surface area contributed by atoms with Crippen LogP contribution in [0.2, 0.25) is 0 Å². The smallest absolute Gasteiger partial charge is 0.167 e. The van der Waals surface area contributed by atoms with Gasteiger partial charge < -0.3 is 25.1 Å². The van der Waals surface area contributed by atoms with Crippen molar-refractivity contribution in [3.8, 4) is 0 Å². The zero-order valence-corrected chi connectivity index (χ0v) is 13.1. The number of fused-ring (bicyclic) bond motifs is 2. The molecule has 2 aliphatic rings. The standard InChI is InChI=1S/C14H19N5O4/c1-6(20)8-9-10(23-14(2,3)22-9)13(21-8)19-5-18-7-11(15)16-4-17-12(7)19/h4-6,8-10,13,20H,1-3H3,(H2,15,16,17)/t6-,8+,9+,10+,13+/m0/s1. The molecule has 23 heavy (non-hydrogen) atoms. The minimum absolute atomic E-state index is 0.305. The number of aliphatic hydroxyl groups excluding tert-OH is 1. The molecule has 0 radical (unpaired) electrons. The molecule has 0 aromatic carbocycles. The summed E-state index contributed by atoms with van der Waals surface area (Å²) in [6, 6.07) is 0. The second-order valence-electron chi connectivity index (χ2n) is 6.38. The summed E-state index contributed by atoms with van der Waals surface area (Å²) in [5, 5.41) is 10.0. The minimum atomic E-state index is -0.741. The van der Waals surface area contributed by atoms with Gasteiger partial charge in [-0.2, -0.15) is 0 Å². The highest BCUT2D eigenvalue weighted by molar-refractivity contribution is 5.81. The van der Waals surface area contributed by atoms with Crippen molar-refractivity contribution in [3.05, 3.63) is 12.7 Å². The molecule has 4 rings (SSSR count). The summed E-state index contributed by atoms with van der Waals surface area (Å²) in [7, 11) is 0. The molecule has 4 heterocycles. The number of nitrogen functional groups attached to an aromatic ring is 1. The van der Waals surface area contributed by atoms with Gasteiger partial charge in [0, 0.05) is 0 Å². The molecule has 2 aromatic rings. The zero-order valence-electron chi connectivity index (χ0n) is 13.1. The van der Waals surface area contributed by atoms with Gasteiger partial charge in [-0.25, -0.2) is 15.0 Å². The molecule has 2 aliphatic heterocycles.